The van der Waals surface area contributed by atoms with Crippen molar-refractivity contribution >= 4 is 15.9 Å². The van der Waals surface area contributed by atoms with Crippen LogP contribution in [0.1, 0.15) is 23.0 Å². The van der Waals surface area contributed by atoms with E-state index in [4.69, 9.17) is 9.47 Å². The molecule has 5 heteroatoms. The number of aliphatic hydroxyl groups excluding tert-OH is 1. The summed E-state index contributed by atoms with van der Waals surface area (Å²) in [5, 5.41) is 19.3. The first kappa shape index (κ1) is 18.5. The van der Waals surface area contributed by atoms with Gasteiger partial charge < -0.3 is 19.7 Å². The topological polar surface area (TPSA) is 58.9 Å². The predicted octanol–water partition coefficient (Wildman–Crippen LogP) is 4.59. The second-order valence-electron chi connectivity index (χ2n) is 5.74. The number of ether oxygens (including phenoxy) is 2. The van der Waals surface area contributed by atoms with E-state index >= 15 is 0 Å². The third-order valence-electron chi connectivity index (χ3n) is 3.82. The molecule has 0 unspecified atom stereocenters. The lowest BCUT2D eigenvalue weighted by Gasteiger charge is -2.16. The third-order valence-corrected chi connectivity index (χ3v) is 4.44. The standard InChI is InChI=1S/C21H19BrO4/c22-18-11-17(21(23)24)19(25-13-15-7-3-1-4-8-15)12-20(18)26-14-16-9-5-2-6-10-16/h1-12,21,23-24H,13-14H2. The Morgan fingerprint density at radius 2 is 1.23 bits per heavy atom. The van der Waals surface area contributed by atoms with Gasteiger partial charge in [-0.15, -0.1) is 0 Å². The molecule has 0 heterocycles. The van der Waals surface area contributed by atoms with E-state index in [-0.39, 0.29) is 5.56 Å². The summed E-state index contributed by atoms with van der Waals surface area (Å²) in [7, 11) is 0. The van der Waals surface area contributed by atoms with Gasteiger partial charge in [-0.2, -0.15) is 0 Å². The van der Waals surface area contributed by atoms with Crippen LogP contribution in [0.2, 0.25) is 0 Å². The Kier molecular flexibility index (Phi) is 6.28. The van der Waals surface area contributed by atoms with Gasteiger partial charge in [0.15, 0.2) is 6.29 Å². The van der Waals surface area contributed by atoms with Crippen molar-refractivity contribution in [3.8, 4) is 11.5 Å². The van der Waals surface area contributed by atoms with E-state index in [1.807, 2.05) is 60.7 Å². The molecule has 0 aliphatic heterocycles. The molecule has 26 heavy (non-hydrogen) atoms. The molecule has 0 saturated heterocycles. The third kappa shape index (κ3) is 4.85. The lowest BCUT2D eigenvalue weighted by atomic mass is 10.1. The van der Waals surface area contributed by atoms with Crippen LogP contribution in [0, 0.1) is 0 Å². The summed E-state index contributed by atoms with van der Waals surface area (Å²) in [6, 6.07) is 22.8. The van der Waals surface area contributed by atoms with Crippen LogP contribution >= 0.6 is 15.9 Å². The number of aliphatic hydroxyl groups is 2. The first-order valence-electron chi connectivity index (χ1n) is 8.16. The van der Waals surface area contributed by atoms with Crippen molar-refractivity contribution < 1.29 is 19.7 Å². The molecule has 0 atom stereocenters. The number of hydrogen-bond donors (Lipinski definition) is 2. The Labute approximate surface area is 160 Å². The van der Waals surface area contributed by atoms with E-state index in [0.717, 1.165) is 11.1 Å². The highest BCUT2D eigenvalue weighted by atomic mass is 79.9. The quantitative estimate of drug-likeness (QED) is 0.555. The Morgan fingerprint density at radius 1 is 0.731 bits per heavy atom. The van der Waals surface area contributed by atoms with E-state index in [0.29, 0.717) is 29.2 Å². The first-order valence-corrected chi connectivity index (χ1v) is 8.96. The van der Waals surface area contributed by atoms with Crippen molar-refractivity contribution in [1.29, 1.82) is 0 Å². The Bertz CT molecular complexity index is 835. The molecule has 2 N–H and O–H groups in total. The highest BCUT2D eigenvalue weighted by molar-refractivity contribution is 9.10. The molecule has 0 aromatic heterocycles. The highest BCUT2D eigenvalue weighted by Crippen LogP contribution is 2.36. The highest BCUT2D eigenvalue weighted by Gasteiger charge is 2.16. The smallest absolute Gasteiger partial charge is 0.182 e. The molecule has 134 valence electrons. The normalized spacial score (nSPS) is 10.8. The minimum atomic E-state index is -1.64. The maximum Gasteiger partial charge on any atom is 0.182 e. The lowest BCUT2D eigenvalue weighted by Crippen LogP contribution is -2.04. The molecule has 3 rings (SSSR count). The average molecular weight is 415 g/mol. The summed E-state index contributed by atoms with van der Waals surface area (Å²) in [6.07, 6.45) is -1.64. The molecule has 0 radical (unpaired) electrons. The Hall–Kier alpha value is -2.34. The molecule has 0 saturated carbocycles. The largest absolute Gasteiger partial charge is 0.488 e. The second kappa shape index (κ2) is 8.85. The summed E-state index contributed by atoms with van der Waals surface area (Å²) in [6.45, 7) is 0.721. The number of halogens is 1. The summed E-state index contributed by atoms with van der Waals surface area (Å²) >= 11 is 3.42. The fraction of sp³-hybridized carbons (Fsp3) is 0.143. The van der Waals surface area contributed by atoms with Gasteiger partial charge in [0.1, 0.15) is 24.7 Å². The zero-order chi connectivity index (χ0) is 18.4. The minimum Gasteiger partial charge on any atom is -0.488 e. The monoisotopic (exact) mass is 414 g/mol. The first-order chi connectivity index (χ1) is 12.6. The van der Waals surface area contributed by atoms with Crippen LogP contribution in [-0.4, -0.2) is 10.2 Å². The van der Waals surface area contributed by atoms with Gasteiger partial charge in [0.05, 0.1) is 10.0 Å². The van der Waals surface area contributed by atoms with Gasteiger partial charge >= 0.3 is 0 Å². The van der Waals surface area contributed by atoms with E-state index in [2.05, 4.69) is 15.9 Å². The SMILES string of the molecule is OC(O)c1cc(Br)c(OCc2ccccc2)cc1OCc1ccccc1. The maximum absolute atomic E-state index is 9.64. The van der Waals surface area contributed by atoms with Crippen LogP contribution in [0.3, 0.4) is 0 Å². The Morgan fingerprint density at radius 3 is 1.73 bits per heavy atom. The van der Waals surface area contributed by atoms with Crippen LogP contribution in [0.5, 0.6) is 11.5 Å². The molecule has 3 aromatic rings. The zero-order valence-corrected chi connectivity index (χ0v) is 15.6. The Balaban J connectivity index is 1.79. The molecule has 0 fully saturated rings. The second-order valence-corrected chi connectivity index (χ2v) is 6.60. The van der Waals surface area contributed by atoms with Crippen LogP contribution in [0.25, 0.3) is 0 Å². The molecule has 0 aliphatic rings. The van der Waals surface area contributed by atoms with Crippen LogP contribution in [0.15, 0.2) is 77.3 Å². The van der Waals surface area contributed by atoms with Gasteiger partial charge in [-0.25, -0.2) is 0 Å². The molecule has 4 nitrogen and oxygen atoms in total. The molecular weight excluding hydrogens is 396 g/mol. The fourth-order valence-electron chi connectivity index (χ4n) is 2.46. The summed E-state index contributed by atoms with van der Waals surface area (Å²) in [5.74, 6) is 0.941. The number of benzene rings is 3. The van der Waals surface area contributed by atoms with Gasteiger partial charge in [-0.05, 0) is 33.1 Å². The van der Waals surface area contributed by atoms with E-state index in [1.165, 1.54) is 0 Å². The summed E-state index contributed by atoms with van der Waals surface area (Å²) in [4.78, 5) is 0. The van der Waals surface area contributed by atoms with Gasteiger partial charge in [0, 0.05) is 6.07 Å². The maximum atomic E-state index is 9.64. The number of hydrogen-bond acceptors (Lipinski definition) is 4. The van der Waals surface area contributed by atoms with Gasteiger partial charge in [0.25, 0.3) is 0 Å². The molecule has 0 spiro atoms. The molecule has 0 aliphatic carbocycles. The van der Waals surface area contributed by atoms with Crippen molar-refractivity contribution in [2.45, 2.75) is 19.5 Å². The zero-order valence-electron chi connectivity index (χ0n) is 14.0. The van der Waals surface area contributed by atoms with E-state index in [9.17, 15) is 10.2 Å². The average Bonchev–Trinajstić information content (AvgIpc) is 2.67. The van der Waals surface area contributed by atoms with E-state index < -0.39 is 6.29 Å². The van der Waals surface area contributed by atoms with Gasteiger partial charge in [-0.1, -0.05) is 60.7 Å². The van der Waals surface area contributed by atoms with Crippen molar-refractivity contribution in [1.82, 2.24) is 0 Å². The summed E-state index contributed by atoms with van der Waals surface area (Å²) < 4.78 is 12.3. The molecule has 0 bridgehead atoms. The predicted molar refractivity (Wildman–Crippen MR) is 103 cm³/mol. The van der Waals surface area contributed by atoms with Gasteiger partial charge in [-0.3, -0.25) is 0 Å². The fourth-order valence-corrected chi connectivity index (χ4v) is 2.93. The van der Waals surface area contributed by atoms with Crippen molar-refractivity contribution in [3.63, 3.8) is 0 Å². The number of rotatable bonds is 7. The van der Waals surface area contributed by atoms with Crippen molar-refractivity contribution in [2.24, 2.45) is 0 Å². The molecule has 0 amide bonds. The van der Waals surface area contributed by atoms with Gasteiger partial charge in [0.2, 0.25) is 0 Å². The van der Waals surface area contributed by atoms with Crippen molar-refractivity contribution in [3.05, 3.63) is 94.0 Å². The molecule has 3 aromatic carbocycles. The van der Waals surface area contributed by atoms with Crippen LogP contribution < -0.4 is 9.47 Å². The molecular formula is C21H19BrO4. The van der Waals surface area contributed by atoms with Crippen molar-refractivity contribution in [2.75, 3.05) is 0 Å². The van der Waals surface area contributed by atoms with Crippen LogP contribution in [-0.2, 0) is 13.2 Å². The summed E-state index contributed by atoms with van der Waals surface area (Å²) in [5.41, 5.74) is 2.30. The van der Waals surface area contributed by atoms with Crippen LogP contribution in [0.4, 0.5) is 0 Å². The van der Waals surface area contributed by atoms with E-state index in [1.54, 1.807) is 12.1 Å². The lowest BCUT2D eigenvalue weighted by molar-refractivity contribution is -0.0444. The minimum absolute atomic E-state index is 0.278.